The molecular weight excluding hydrogens is 212 g/mol. The standard InChI is InChI=1S/C11H14O3S/c1-14-11(12)10(15(2,3)13)9-7-5-4-6-8-9/h4-8H,1-3H3. The average molecular weight is 226 g/mol. The highest BCUT2D eigenvalue weighted by Gasteiger charge is 2.17. The Kier molecular flexibility index (Phi) is 3.52. The van der Waals surface area contributed by atoms with Crippen LogP contribution in [0.5, 0.6) is 0 Å². The smallest absolute Gasteiger partial charge is 0.346 e. The summed E-state index contributed by atoms with van der Waals surface area (Å²) in [4.78, 5) is 11.8. The molecule has 15 heavy (non-hydrogen) atoms. The number of hydrogen-bond donors (Lipinski definition) is 0. The molecule has 0 N–H and O–H groups in total. The summed E-state index contributed by atoms with van der Waals surface area (Å²) >= 11 is 0. The first-order valence-electron chi connectivity index (χ1n) is 4.41. The third kappa shape index (κ3) is 2.83. The first kappa shape index (κ1) is 11.8. The van der Waals surface area contributed by atoms with Gasteiger partial charge in [0.15, 0.2) is 0 Å². The van der Waals surface area contributed by atoms with E-state index in [0.717, 1.165) is 0 Å². The highest BCUT2D eigenvalue weighted by atomic mass is 32.2. The Morgan fingerprint density at radius 3 is 2.13 bits per heavy atom. The number of carbonyl (C=O) groups is 1. The van der Waals surface area contributed by atoms with Gasteiger partial charge in [0.25, 0.3) is 0 Å². The molecule has 0 saturated heterocycles. The van der Waals surface area contributed by atoms with Gasteiger partial charge < -0.3 is 4.74 Å². The predicted molar refractivity (Wildman–Crippen MR) is 62.6 cm³/mol. The van der Waals surface area contributed by atoms with Gasteiger partial charge in [-0.15, -0.1) is 0 Å². The van der Waals surface area contributed by atoms with E-state index in [1.807, 2.05) is 6.07 Å². The zero-order chi connectivity index (χ0) is 11.5. The normalized spacial score (nSPS) is 10.9. The second-order valence-corrected chi connectivity index (χ2v) is 6.29. The number of carbonyl (C=O) groups excluding carboxylic acids is 1. The van der Waals surface area contributed by atoms with Gasteiger partial charge >= 0.3 is 5.97 Å². The molecule has 0 heterocycles. The van der Waals surface area contributed by atoms with Gasteiger partial charge in [0, 0.05) is 12.5 Å². The van der Waals surface area contributed by atoms with Crippen molar-refractivity contribution in [3.63, 3.8) is 0 Å². The summed E-state index contributed by atoms with van der Waals surface area (Å²) in [6.07, 6.45) is 3.07. The van der Waals surface area contributed by atoms with Crippen LogP contribution in [0.2, 0.25) is 0 Å². The number of rotatable bonds is 2. The Morgan fingerprint density at radius 1 is 1.20 bits per heavy atom. The summed E-state index contributed by atoms with van der Waals surface area (Å²) in [5, 5.41) is 0. The number of esters is 1. The fourth-order valence-corrected chi connectivity index (χ4v) is 2.47. The van der Waals surface area contributed by atoms with Crippen molar-refractivity contribution in [3.8, 4) is 0 Å². The molecule has 0 unspecified atom stereocenters. The Labute approximate surface area is 90.1 Å². The molecule has 0 aliphatic carbocycles. The minimum atomic E-state index is -2.34. The second-order valence-electron chi connectivity index (χ2n) is 3.42. The van der Waals surface area contributed by atoms with Crippen molar-refractivity contribution in [2.75, 3.05) is 19.6 Å². The molecule has 1 rings (SSSR count). The van der Waals surface area contributed by atoms with Gasteiger partial charge in [-0.3, -0.25) is 4.21 Å². The first-order valence-corrected chi connectivity index (χ1v) is 6.79. The van der Waals surface area contributed by atoms with Gasteiger partial charge in [-0.1, -0.05) is 30.3 Å². The molecule has 0 aliphatic rings. The number of methoxy groups -OCH3 is 1. The van der Waals surface area contributed by atoms with Gasteiger partial charge in [-0.2, -0.15) is 0 Å². The van der Waals surface area contributed by atoms with Crippen molar-refractivity contribution in [2.24, 2.45) is 0 Å². The summed E-state index contributed by atoms with van der Waals surface area (Å²) in [5.41, 5.74) is 0.652. The van der Waals surface area contributed by atoms with E-state index in [-0.39, 0.29) is 4.86 Å². The highest BCUT2D eigenvalue weighted by Crippen LogP contribution is 2.05. The third-order valence-corrected chi connectivity index (χ3v) is 3.28. The molecule has 82 valence electrons. The van der Waals surface area contributed by atoms with Crippen LogP contribution in [0.1, 0.15) is 5.56 Å². The fraction of sp³-hybridized carbons (Fsp3) is 0.273. The van der Waals surface area contributed by atoms with Gasteiger partial charge in [-0.05, 0) is 15.1 Å². The monoisotopic (exact) mass is 226 g/mol. The summed E-state index contributed by atoms with van der Waals surface area (Å²) in [7, 11) is -1.05. The zero-order valence-corrected chi connectivity index (χ0v) is 9.84. The molecule has 3 nitrogen and oxygen atoms in total. The van der Waals surface area contributed by atoms with Gasteiger partial charge in [0.2, 0.25) is 0 Å². The molecule has 0 saturated carbocycles. The van der Waals surface area contributed by atoms with Crippen LogP contribution in [0.15, 0.2) is 30.3 Å². The highest BCUT2D eigenvalue weighted by molar-refractivity contribution is 8.02. The summed E-state index contributed by atoms with van der Waals surface area (Å²) in [5.74, 6) is -0.531. The van der Waals surface area contributed by atoms with Gasteiger partial charge in [0.1, 0.15) is 4.86 Å². The molecule has 4 heteroatoms. The van der Waals surface area contributed by atoms with E-state index in [1.165, 1.54) is 19.6 Å². The molecule has 1 aromatic carbocycles. The Morgan fingerprint density at radius 2 is 1.73 bits per heavy atom. The molecule has 0 spiro atoms. The zero-order valence-electron chi connectivity index (χ0n) is 9.02. The number of hydrogen-bond acceptors (Lipinski definition) is 3. The van der Waals surface area contributed by atoms with Crippen LogP contribution >= 0.6 is 0 Å². The summed E-state index contributed by atoms with van der Waals surface area (Å²) < 4.78 is 16.6. The van der Waals surface area contributed by atoms with Crippen LogP contribution in [0.4, 0.5) is 0 Å². The van der Waals surface area contributed by atoms with E-state index in [0.29, 0.717) is 5.56 Å². The van der Waals surface area contributed by atoms with Crippen molar-refractivity contribution >= 4 is 20.4 Å². The van der Waals surface area contributed by atoms with Crippen LogP contribution in [-0.4, -0.2) is 34.7 Å². The van der Waals surface area contributed by atoms with Crippen molar-refractivity contribution in [1.82, 2.24) is 0 Å². The molecule has 0 aliphatic heterocycles. The second kappa shape index (κ2) is 4.49. The van der Waals surface area contributed by atoms with Crippen LogP contribution < -0.4 is 0 Å². The lowest BCUT2D eigenvalue weighted by atomic mass is 10.1. The summed E-state index contributed by atoms with van der Waals surface area (Å²) in [6.45, 7) is 0. The molecule has 0 atom stereocenters. The molecular formula is C11H14O3S. The molecule has 0 bridgehead atoms. The number of ether oxygens (including phenoxy) is 1. The fourth-order valence-electron chi connectivity index (χ4n) is 1.28. The molecule has 0 amide bonds. The largest absolute Gasteiger partial charge is 0.465 e. The lowest BCUT2D eigenvalue weighted by Gasteiger charge is -2.08. The Hall–Kier alpha value is -1.29. The topological polar surface area (TPSA) is 43.4 Å². The van der Waals surface area contributed by atoms with E-state index in [2.05, 4.69) is 4.74 Å². The van der Waals surface area contributed by atoms with Crippen LogP contribution in [0, 0.1) is 0 Å². The summed E-state index contributed by atoms with van der Waals surface area (Å²) in [6, 6.07) is 8.93. The van der Waals surface area contributed by atoms with Crippen molar-refractivity contribution < 1.29 is 13.7 Å². The number of benzene rings is 1. The van der Waals surface area contributed by atoms with E-state index in [4.69, 9.17) is 0 Å². The maximum Gasteiger partial charge on any atom is 0.346 e. The quantitative estimate of drug-likeness (QED) is 0.428. The van der Waals surface area contributed by atoms with Crippen LogP contribution in [0.3, 0.4) is 0 Å². The van der Waals surface area contributed by atoms with Crippen LogP contribution in [0.25, 0.3) is 0 Å². The lowest BCUT2D eigenvalue weighted by molar-refractivity contribution is -0.132. The van der Waals surface area contributed by atoms with E-state index < -0.39 is 15.5 Å². The SMILES string of the molecule is COC(=O)C(c1ccccc1)=S(C)(C)=O. The first-order chi connectivity index (χ1) is 6.96. The Bertz CT molecular complexity index is 460. The molecule has 0 aromatic heterocycles. The van der Waals surface area contributed by atoms with Crippen LogP contribution in [-0.2, 0) is 19.1 Å². The maximum atomic E-state index is 11.9. The lowest BCUT2D eigenvalue weighted by Crippen LogP contribution is -2.24. The van der Waals surface area contributed by atoms with E-state index in [1.54, 1.807) is 24.3 Å². The molecule has 1 aromatic rings. The van der Waals surface area contributed by atoms with Gasteiger partial charge in [-0.25, -0.2) is 4.79 Å². The van der Waals surface area contributed by atoms with Gasteiger partial charge in [0.05, 0.1) is 7.11 Å². The van der Waals surface area contributed by atoms with Crippen molar-refractivity contribution in [2.45, 2.75) is 0 Å². The van der Waals surface area contributed by atoms with E-state index >= 15 is 0 Å². The maximum absolute atomic E-state index is 11.9. The Balaban J connectivity index is 3.42. The molecule has 0 radical (unpaired) electrons. The minimum Gasteiger partial charge on any atom is -0.465 e. The molecule has 0 fully saturated rings. The van der Waals surface area contributed by atoms with Crippen molar-refractivity contribution in [1.29, 1.82) is 0 Å². The van der Waals surface area contributed by atoms with Crippen molar-refractivity contribution in [3.05, 3.63) is 35.9 Å². The predicted octanol–water partition coefficient (Wildman–Crippen LogP) is 0.924. The van der Waals surface area contributed by atoms with E-state index in [9.17, 15) is 9.00 Å². The average Bonchev–Trinajstić information content (AvgIpc) is 2.17. The minimum absolute atomic E-state index is 0.241. The third-order valence-electron chi connectivity index (χ3n) is 1.90.